The third-order valence-electron chi connectivity index (χ3n) is 2.81. The second kappa shape index (κ2) is 5.56. The predicted molar refractivity (Wildman–Crippen MR) is 66.2 cm³/mol. The number of amides is 1. The van der Waals surface area contributed by atoms with Crippen molar-refractivity contribution in [3.05, 3.63) is 0 Å². The molecule has 0 bridgehead atoms. The normalized spacial score (nSPS) is 23.9. The van der Waals surface area contributed by atoms with Gasteiger partial charge in [0, 0.05) is 12.6 Å². The molecule has 0 aromatic heterocycles. The molecule has 1 saturated heterocycles. The van der Waals surface area contributed by atoms with Gasteiger partial charge in [-0.15, -0.1) is 0 Å². The fourth-order valence-corrected chi connectivity index (χ4v) is 1.93. The van der Waals surface area contributed by atoms with Gasteiger partial charge >= 0.3 is 12.1 Å². The summed E-state index contributed by atoms with van der Waals surface area (Å²) < 4.78 is 10.0. The molecular weight excluding hydrogens is 236 g/mol. The highest BCUT2D eigenvalue weighted by molar-refractivity contribution is 5.82. The topological polar surface area (TPSA) is 67.9 Å². The molecule has 2 atom stereocenters. The van der Waals surface area contributed by atoms with E-state index in [0.717, 1.165) is 0 Å². The first-order valence-corrected chi connectivity index (χ1v) is 6.03. The van der Waals surface area contributed by atoms with Crippen LogP contribution in [-0.2, 0) is 14.3 Å². The molecule has 1 heterocycles. The SMILES string of the molecule is CN[C@H]1C[C@@H](C(=O)OC)N(C(=O)OC(C)(C)C)C1. The zero-order chi connectivity index (χ0) is 13.9. The van der Waals surface area contributed by atoms with E-state index in [-0.39, 0.29) is 6.04 Å². The molecule has 0 radical (unpaired) electrons. The van der Waals surface area contributed by atoms with E-state index in [1.807, 2.05) is 0 Å². The van der Waals surface area contributed by atoms with Crippen molar-refractivity contribution in [1.82, 2.24) is 10.2 Å². The lowest BCUT2D eigenvalue weighted by atomic mass is 10.2. The molecule has 1 N–H and O–H groups in total. The smallest absolute Gasteiger partial charge is 0.411 e. The largest absolute Gasteiger partial charge is 0.467 e. The predicted octanol–water partition coefficient (Wildman–Crippen LogP) is 0.757. The quantitative estimate of drug-likeness (QED) is 0.740. The Morgan fingerprint density at radius 1 is 1.33 bits per heavy atom. The molecule has 6 heteroatoms. The molecular formula is C12H22N2O4. The summed E-state index contributed by atoms with van der Waals surface area (Å²) in [6, 6.07) is -0.482. The summed E-state index contributed by atoms with van der Waals surface area (Å²) in [7, 11) is 3.12. The molecule has 1 aliphatic rings. The summed E-state index contributed by atoms with van der Waals surface area (Å²) in [5.41, 5.74) is -0.574. The Labute approximate surface area is 108 Å². The van der Waals surface area contributed by atoms with Crippen LogP contribution in [0.15, 0.2) is 0 Å². The average Bonchev–Trinajstić information content (AvgIpc) is 2.69. The molecule has 0 saturated carbocycles. The van der Waals surface area contributed by atoms with Crippen molar-refractivity contribution >= 4 is 12.1 Å². The number of rotatable bonds is 2. The van der Waals surface area contributed by atoms with Crippen LogP contribution in [0, 0.1) is 0 Å². The minimum absolute atomic E-state index is 0.0848. The van der Waals surface area contributed by atoms with E-state index in [1.54, 1.807) is 27.8 Å². The van der Waals surface area contributed by atoms with Gasteiger partial charge in [-0.05, 0) is 34.2 Å². The number of hydrogen-bond donors (Lipinski definition) is 1. The van der Waals surface area contributed by atoms with Crippen LogP contribution in [0.1, 0.15) is 27.2 Å². The van der Waals surface area contributed by atoms with Gasteiger partial charge in [0.1, 0.15) is 11.6 Å². The summed E-state index contributed by atoms with van der Waals surface area (Å²) in [4.78, 5) is 25.1. The number of carbonyl (C=O) groups is 2. The third kappa shape index (κ3) is 3.60. The van der Waals surface area contributed by atoms with E-state index < -0.39 is 23.7 Å². The van der Waals surface area contributed by atoms with Gasteiger partial charge in [0.25, 0.3) is 0 Å². The molecule has 1 amide bonds. The third-order valence-corrected chi connectivity index (χ3v) is 2.81. The van der Waals surface area contributed by atoms with E-state index >= 15 is 0 Å². The van der Waals surface area contributed by atoms with Crippen molar-refractivity contribution in [2.24, 2.45) is 0 Å². The van der Waals surface area contributed by atoms with Crippen molar-refractivity contribution in [2.45, 2.75) is 44.9 Å². The second-order valence-corrected chi connectivity index (χ2v) is 5.39. The maximum Gasteiger partial charge on any atom is 0.411 e. The average molecular weight is 258 g/mol. The van der Waals surface area contributed by atoms with Crippen molar-refractivity contribution in [1.29, 1.82) is 0 Å². The first kappa shape index (κ1) is 14.8. The molecule has 6 nitrogen and oxygen atoms in total. The molecule has 0 spiro atoms. The number of likely N-dealkylation sites (N-methyl/N-ethyl adjacent to an activating group) is 1. The molecule has 0 unspecified atom stereocenters. The highest BCUT2D eigenvalue weighted by Gasteiger charge is 2.41. The maximum atomic E-state index is 12.0. The van der Waals surface area contributed by atoms with E-state index in [9.17, 15) is 9.59 Å². The molecule has 0 aromatic rings. The van der Waals surface area contributed by atoms with Gasteiger partial charge in [0.05, 0.1) is 7.11 Å². The number of likely N-dealkylation sites (tertiary alicyclic amines) is 1. The monoisotopic (exact) mass is 258 g/mol. The van der Waals surface area contributed by atoms with Crippen molar-refractivity contribution in [2.75, 3.05) is 20.7 Å². The number of nitrogens with one attached hydrogen (secondary N) is 1. The van der Waals surface area contributed by atoms with Crippen molar-refractivity contribution < 1.29 is 19.1 Å². The number of hydrogen-bond acceptors (Lipinski definition) is 5. The van der Waals surface area contributed by atoms with E-state index in [2.05, 4.69) is 5.32 Å². The summed E-state index contributed by atoms with van der Waals surface area (Å²) in [5.74, 6) is -0.404. The highest BCUT2D eigenvalue weighted by atomic mass is 16.6. The van der Waals surface area contributed by atoms with Crippen LogP contribution < -0.4 is 5.32 Å². The van der Waals surface area contributed by atoms with Gasteiger partial charge in [-0.1, -0.05) is 0 Å². The molecule has 0 aromatic carbocycles. The fraction of sp³-hybridized carbons (Fsp3) is 0.833. The summed E-state index contributed by atoms with van der Waals surface area (Å²) in [6.07, 6.45) is 0.0678. The lowest BCUT2D eigenvalue weighted by Crippen LogP contribution is -2.44. The Morgan fingerprint density at radius 2 is 1.94 bits per heavy atom. The van der Waals surface area contributed by atoms with Crippen LogP contribution in [0.3, 0.4) is 0 Å². The van der Waals surface area contributed by atoms with E-state index in [0.29, 0.717) is 13.0 Å². The molecule has 1 rings (SSSR count). The van der Waals surface area contributed by atoms with Gasteiger partial charge < -0.3 is 14.8 Å². The minimum atomic E-state index is -0.574. The van der Waals surface area contributed by atoms with Gasteiger partial charge in [0.2, 0.25) is 0 Å². The highest BCUT2D eigenvalue weighted by Crippen LogP contribution is 2.22. The van der Waals surface area contributed by atoms with Crippen LogP contribution in [0.2, 0.25) is 0 Å². The van der Waals surface area contributed by atoms with Gasteiger partial charge in [-0.25, -0.2) is 9.59 Å². The summed E-state index contributed by atoms with van der Waals surface area (Å²) >= 11 is 0. The first-order chi connectivity index (χ1) is 8.28. The molecule has 0 aliphatic carbocycles. The zero-order valence-corrected chi connectivity index (χ0v) is 11.6. The molecule has 18 heavy (non-hydrogen) atoms. The minimum Gasteiger partial charge on any atom is -0.467 e. The Balaban J connectivity index is 2.77. The summed E-state index contributed by atoms with van der Waals surface area (Å²) in [5, 5.41) is 3.06. The standard InChI is InChI=1S/C12H22N2O4/c1-12(2,3)18-11(16)14-7-8(13-4)6-9(14)10(15)17-5/h8-9,13H,6-7H2,1-5H3/t8-,9-/m0/s1. The Kier molecular flexibility index (Phi) is 4.56. The lowest BCUT2D eigenvalue weighted by molar-refractivity contribution is -0.145. The summed E-state index contributed by atoms with van der Waals surface area (Å²) in [6.45, 7) is 5.84. The van der Waals surface area contributed by atoms with Crippen LogP contribution in [-0.4, -0.2) is 55.3 Å². The van der Waals surface area contributed by atoms with Crippen LogP contribution in [0.25, 0.3) is 0 Å². The first-order valence-electron chi connectivity index (χ1n) is 6.03. The van der Waals surface area contributed by atoms with Crippen molar-refractivity contribution in [3.8, 4) is 0 Å². The van der Waals surface area contributed by atoms with Crippen LogP contribution in [0.5, 0.6) is 0 Å². The maximum absolute atomic E-state index is 12.0. The Morgan fingerprint density at radius 3 is 2.39 bits per heavy atom. The zero-order valence-electron chi connectivity index (χ0n) is 11.6. The van der Waals surface area contributed by atoms with Gasteiger partial charge in [-0.2, -0.15) is 0 Å². The van der Waals surface area contributed by atoms with Gasteiger partial charge in [-0.3, -0.25) is 4.90 Å². The number of esters is 1. The molecule has 1 aliphatic heterocycles. The number of nitrogens with zero attached hydrogens (tertiary/aromatic N) is 1. The number of methoxy groups -OCH3 is 1. The van der Waals surface area contributed by atoms with Gasteiger partial charge in [0.15, 0.2) is 0 Å². The number of ether oxygens (including phenoxy) is 2. The molecule has 1 fully saturated rings. The Hall–Kier alpha value is -1.30. The molecule has 104 valence electrons. The number of carbonyl (C=O) groups excluding carboxylic acids is 2. The van der Waals surface area contributed by atoms with Crippen LogP contribution in [0.4, 0.5) is 4.79 Å². The fourth-order valence-electron chi connectivity index (χ4n) is 1.93. The van der Waals surface area contributed by atoms with E-state index in [4.69, 9.17) is 9.47 Å². The van der Waals surface area contributed by atoms with Crippen LogP contribution >= 0.6 is 0 Å². The Bertz CT molecular complexity index is 325. The second-order valence-electron chi connectivity index (χ2n) is 5.39. The van der Waals surface area contributed by atoms with E-state index in [1.165, 1.54) is 12.0 Å². The lowest BCUT2D eigenvalue weighted by Gasteiger charge is -2.27. The van der Waals surface area contributed by atoms with Crippen molar-refractivity contribution in [3.63, 3.8) is 0 Å².